The van der Waals surface area contributed by atoms with Crippen molar-refractivity contribution in [2.75, 3.05) is 4.90 Å². The average Bonchev–Trinajstić information content (AvgIpc) is 3.82. The topological polar surface area (TPSA) is 3.24 Å². The fraction of sp³-hybridized carbons (Fsp3) is 0.143. The number of nitrogens with zero attached hydrogens (tertiary/aromatic N) is 1. The molecule has 0 bridgehead atoms. The summed E-state index contributed by atoms with van der Waals surface area (Å²) in [4.78, 5) is 2.62. The Labute approximate surface area is 337 Å². The Bertz CT molecular complexity index is 2730. The van der Waals surface area contributed by atoms with Gasteiger partial charge in [-0.25, -0.2) is 0 Å². The van der Waals surface area contributed by atoms with Crippen molar-refractivity contribution in [1.29, 1.82) is 0 Å². The molecule has 0 amide bonds. The number of hydrogen-bond donors (Lipinski definition) is 0. The Kier molecular flexibility index (Phi) is 8.95. The average molecular weight is 734 g/mol. The summed E-state index contributed by atoms with van der Waals surface area (Å²) in [6.07, 6.45) is 8.89. The SMILES string of the molecule is CCC1(CC)c2cc(/C=C/c3cc(-c4ccccc4)c4ccccc4c3-c3ccccc3)ccc2-c2ccc(N(c3ccccc3)C3Cc4ccccc4C3)cc21. The molecule has 2 aliphatic rings. The summed E-state index contributed by atoms with van der Waals surface area (Å²) in [6.45, 7) is 4.76. The molecule has 0 spiro atoms. The van der Waals surface area contributed by atoms with Gasteiger partial charge in [0.25, 0.3) is 0 Å². The predicted molar refractivity (Wildman–Crippen MR) is 243 cm³/mol. The molecular weight excluding hydrogens is 687 g/mol. The molecular formula is C56H47N. The first kappa shape index (κ1) is 35.0. The molecule has 2 aliphatic carbocycles. The van der Waals surface area contributed by atoms with Crippen LogP contribution in [0.2, 0.25) is 0 Å². The van der Waals surface area contributed by atoms with Gasteiger partial charge in [0.05, 0.1) is 0 Å². The van der Waals surface area contributed by atoms with Gasteiger partial charge in [0.2, 0.25) is 0 Å². The van der Waals surface area contributed by atoms with E-state index in [9.17, 15) is 0 Å². The number of benzene rings is 8. The zero-order valence-corrected chi connectivity index (χ0v) is 32.8. The van der Waals surface area contributed by atoms with Crippen molar-refractivity contribution in [1.82, 2.24) is 0 Å². The van der Waals surface area contributed by atoms with Crippen LogP contribution in [0, 0.1) is 0 Å². The van der Waals surface area contributed by atoms with Crippen LogP contribution in [0.15, 0.2) is 182 Å². The first-order valence-electron chi connectivity index (χ1n) is 20.7. The number of rotatable bonds is 9. The Morgan fingerprint density at radius 3 is 1.72 bits per heavy atom. The first-order valence-corrected chi connectivity index (χ1v) is 20.7. The zero-order chi connectivity index (χ0) is 38.3. The van der Waals surface area contributed by atoms with Gasteiger partial charge in [-0.3, -0.25) is 0 Å². The van der Waals surface area contributed by atoms with Crippen LogP contribution in [-0.2, 0) is 18.3 Å². The van der Waals surface area contributed by atoms with E-state index in [4.69, 9.17) is 0 Å². The van der Waals surface area contributed by atoms with Gasteiger partial charge in [-0.2, -0.15) is 0 Å². The molecule has 0 atom stereocenters. The van der Waals surface area contributed by atoms with E-state index in [-0.39, 0.29) is 5.41 Å². The second-order valence-corrected chi connectivity index (χ2v) is 15.9. The standard InChI is InChI=1S/C56H47N/c1-3-56(4-2)53-34-39(28-30-44-37-52(40-18-8-5-9-19-40)48-26-16-17-27-51(48)55(44)41-20-10-6-11-21-41)29-32-49(53)50-33-31-46(38-54(50)56)57(45-24-12-7-13-25-45)47-35-42-22-14-15-23-43(42)36-47/h5-34,37-38,47H,3-4,35-36H2,1-2H3/b30-28+. The summed E-state index contributed by atoms with van der Waals surface area (Å²) in [5.41, 5.74) is 18.6. The smallest absolute Gasteiger partial charge is 0.0423 e. The van der Waals surface area contributed by atoms with Crippen molar-refractivity contribution in [3.05, 3.63) is 215 Å². The largest absolute Gasteiger partial charge is 0.338 e. The van der Waals surface area contributed by atoms with Crippen molar-refractivity contribution in [2.24, 2.45) is 0 Å². The fourth-order valence-corrected chi connectivity index (χ4v) is 10.1. The maximum absolute atomic E-state index is 2.62. The lowest BCUT2D eigenvalue weighted by atomic mass is 9.73. The molecule has 276 valence electrons. The third kappa shape index (κ3) is 6.01. The normalized spacial score (nSPS) is 14.1. The lowest BCUT2D eigenvalue weighted by Gasteiger charge is -2.34. The lowest BCUT2D eigenvalue weighted by molar-refractivity contribution is 0.490. The maximum atomic E-state index is 2.62. The molecule has 0 saturated carbocycles. The van der Waals surface area contributed by atoms with E-state index in [2.05, 4.69) is 213 Å². The van der Waals surface area contributed by atoms with Crippen LogP contribution in [0.4, 0.5) is 11.4 Å². The molecule has 10 rings (SSSR count). The molecule has 0 aliphatic heterocycles. The molecule has 8 aromatic carbocycles. The molecule has 0 heterocycles. The molecule has 57 heavy (non-hydrogen) atoms. The highest BCUT2D eigenvalue weighted by Crippen LogP contribution is 2.54. The Morgan fingerprint density at radius 2 is 1.05 bits per heavy atom. The van der Waals surface area contributed by atoms with Crippen LogP contribution in [0.5, 0.6) is 0 Å². The molecule has 0 aromatic heterocycles. The van der Waals surface area contributed by atoms with Gasteiger partial charge in [-0.15, -0.1) is 0 Å². The van der Waals surface area contributed by atoms with Gasteiger partial charge >= 0.3 is 0 Å². The van der Waals surface area contributed by atoms with Crippen molar-refractivity contribution < 1.29 is 0 Å². The zero-order valence-electron chi connectivity index (χ0n) is 32.8. The Balaban J connectivity index is 1.06. The van der Waals surface area contributed by atoms with Gasteiger partial charge in [-0.1, -0.05) is 178 Å². The van der Waals surface area contributed by atoms with Crippen LogP contribution in [0.25, 0.3) is 56.3 Å². The van der Waals surface area contributed by atoms with Crippen LogP contribution in [0.3, 0.4) is 0 Å². The van der Waals surface area contributed by atoms with Gasteiger partial charge in [-0.05, 0) is 134 Å². The minimum Gasteiger partial charge on any atom is -0.338 e. The molecule has 1 nitrogen and oxygen atoms in total. The van der Waals surface area contributed by atoms with E-state index < -0.39 is 0 Å². The van der Waals surface area contributed by atoms with Gasteiger partial charge in [0.1, 0.15) is 0 Å². The third-order valence-electron chi connectivity index (χ3n) is 13.0. The highest BCUT2D eigenvalue weighted by Gasteiger charge is 2.41. The van der Waals surface area contributed by atoms with E-state index >= 15 is 0 Å². The van der Waals surface area contributed by atoms with Crippen molar-refractivity contribution in [3.63, 3.8) is 0 Å². The summed E-state index contributed by atoms with van der Waals surface area (Å²) in [5.74, 6) is 0. The number of fused-ring (bicyclic) bond motifs is 5. The van der Waals surface area contributed by atoms with Crippen LogP contribution in [0.1, 0.15) is 60.1 Å². The molecule has 0 saturated heterocycles. The van der Waals surface area contributed by atoms with E-state index in [0.29, 0.717) is 6.04 Å². The molecule has 8 aromatic rings. The maximum Gasteiger partial charge on any atom is 0.0423 e. The fourth-order valence-electron chi connectivity index (χ4n) is 10.1. The van der Waals surface area contributed by atoms with Crippen molar-refractivity contribution >= 4 is 34.3 Å². The summed E-state index contributed by atoms with van der Waals surface area (Å²) in [6, 6.07) is 67.9. The quantitative estimate of drug-likeness (QED) is 0.134. The van der Waals surface area contributed by atoms with E-state index in [0.717, 1.165) is 25.7 Å². The van der Waals surface area contributed by atoms with Gasteiger partial charge in [0, 0.05) is 22.8 Å². The highest BCUT2D eigenvalue weighted by molar-refractivity contribution is 6.08. The molecule has 0 N–H and O–H groups in total. The second kappa shape index (κ2) is 14.6. The predicted octanol–water partition coefficient (Wildman–Crippen LogP) is 14.7. The van der Waals surface area contributed by atoms with Gasteiger partial charge in [0.15, 0.2) is 0 Å². The molecule has 0 radical (unpaired) electrons. The van der Waals surface area contributed by atoms with E-state index in [1.807, 2.05) is 0 Å². The monoisotopic (exact) mass is 733 g/mol. The minimum absolute atomic E-state index is 0.0653. The summed E-state index contributed by atoms with van der Waals surface area (Å²) < 4.78 is 0. The van der Waals surface area contributed by atoms with Crippen LogP contribution in [-0.4, -0.2) is 6.04 Å². The summed E-state index contributed by atoms with van der Waals surface area (Å²) in [7, 11) is 0. The molecule has 0 unspecified atom stereocenters. The van der Waals surface area contributed by atoms with E-state index in [1.165, 1.54) is 88.9 Å². The third-order valence-corrected chi connectivity index (χ3v) is 13.0. The lowest BCUT2D eigenvalue weighted by Crippen LogP contribution is -2.32. The van der Waals surface area contributed by atoms with E-state index in [1.54, 1.807) is 0 Å². The number of hydrogen-bond acceptors (Lipinski definition) is 1. The number of para-hydroxylation sites is 1. The van der Waals surface area contributed by atoms with Gasteiger partial charge < -0.3 is 4.90 Å². The Hall–Kier alpha value is -6.44. The summed E-state index contributed by atoms with van der Waals surface area (Å²) >= 11 is 0. The van der Waals surface area contributed by atoms with Crippen molar-refractivity contribution in [3.8, 4) is 33.4 Å². The summed E-state index contributed by atoms with van der Waals surface area (Å²) in [5, 5.41) is 2.54. The minimum atomic E-state index is -0.0653. The Morgan fingerprint density at radius 1 is 0.491 bits per heavy atom. The molecule has 1 heteroatoms. The second-order valence-electron chi connectivity index (χ2n) is 15.9. The van der Waals surface area contributed by atoms with Crippen LogP contribution < -0.4 is 4.90 Å². The first-order chi connectivity index (χ1) is 28.1. The molecule has 0 fully saturated rings. The van der Waals surface area contributed by atoms with Crippen LogP contribution >= 0.6 is 0 Å². The highest BCUT2D eigenvalue weighted by atomic mass is 15.2. The van der Waals surface area contributed by atoms with Crippen molar-refractivity contribution in [2.45, 2.75) is 51.0 Å². The number of anilines is 2.